The zero-order valence-corrected chi connectivity index (χ0v) is 12.7. The Hall–Kier alpha value is -1.37. The molecule has 0 radical (unpaired) electrons. The van der Waals surface area contributed by atoms with Crippen molar-refractivity contribution in [1.82, 2.24) is 5.43 Å². The van der Waals surface area contributed by atoms with E-state index >= 15 is 0 Å². The second-order valence-corrected chi connectivity index (χ2v) is 5.32. The molecule has 0 atom stereocenters. The first-order valence-corrected chi connectivity index (χ1v) is 6.78. The van der Waals surface area contributed by atoms with E-state index in [2.05, 4.69) is 38.7 Å². The molecule has 0 aliphatic carbocycles. The quantitative estimate of drug-likeness (QED) is 0.500. The summed E-state index contributed by atoms with van der Waals surface area (Å²) in [4.78, 5) is 0. The maximum Gasteiger partial charge on any atom is 0.184 e. The van der Waals surface area contributed by atoms with E-state index in [4.69, 9.17) is 21.8 Å². The zero-order valence-electron chi connectivity index (χ0n) is 9.56. The number of nitrogens with two attached hydrogens (primary N) is 1. The van der Waals surface area contributed by atoms with Gasteiger partial charge in [-0.05, 0) is 42.5 Å². The number of thiocarbonyl (C=S) groups is 1. The van der Waals surface area contributed by atoms with Crippen molar-refractivity contribution in [3.8, 4) is 11.3 Å². The van der Waals surface area contributed by atoms with Crippen LogP contribution in [-0.2, 0) is 0 Å². The molecule has 0 amide bonds. The molecule has 0 saturated heterocycles. The van der Waals surface area contributed by atoms with Gasteiger partial charge < -0.3 is 10.2 Å². The summed E-state index contributed by atoms with van der Waals surface area (Å²) in [6.07, 6.45) is 1.48. The largest absolute Gasteiger partial charge is 0.455 e. The Bertz CT molecular complexity index is 642. The summed E-state index contributed by atoms with van der Waals surface area (Å²) in [5.41, 5.74) is 8.50. The van der Waals surface area contributed by atoms with E-state index in [1.807, 2.05) is 24.3 Å². The van der Waals surface area contributed by atoms with Crippen LogP contribution in [-0.4, -0.2) is 11.3 Å². The van der Waals surface area contributed by atoms with Crippen LogP contribution in [0.1, 0.15) is 5.76 Å². The summed E-state index contributed by atoms with van der Waals surface area (Å²) in [7, 11) is 0. The standard InChI is InChI=1S/C12H9BrClN3OS/c13-7-1-3-9(10(14)5-7)11-4-2-8(18-11)6-16-17-12(15)19/h1-6H,(H3,15,17,19)/b16-6+. The Morgan fingerprint density at radius 1 is 1.42 bits per heavy atom. The Morgan fingerprint density at radius 3 is 2.89 bits per heavy atom. The summed E-state index contributed by atoms with van der Waals surface area (Å²) in [6, 6.07) is 9.17. The minimum absolute atomic E-state index is 0.0963. The molecule has 1 aromatic carbocycles. The molecule has 0 bridgehead atoms. The van der Waals surface area contributed by atoms with Crippen LogP contribution in [0.4, 0.5) is 0 Å². The normalized spacial score (nSPS) is 10.8. The third-order valence-corrected chi connectivity index (χ3v) is 3.09. The fourth-order valence-electron chi connectivity index (χ4n) is 1.42. The maximum atomic E-state index is 6.15. The minimum atomic E-state index is 0.0963. The lowest BCUT2D eigenvalue weighted by Gasteiger charge is -2.00. The molecule has 0 fully saturated rings. The number of nitrogens with one attached hydrogen (secondary N) is 1. The van der Waals surface area contributed by atoms with Gasteiger partial charge in [-0.25, -0.2) is 0 Å². The molecule has 4 nitrogen and oxygen atoms in total. The molecule has 98 valence electrons. The topological polar surface area (TPSA) is 63.5 Å². The lowest BCUT2D eigenvalue weighted by atomic mass is 10.2. The van der Waals surface area contributed by atoms with Gasteiger partial charge in [-0.15, -0.1) is 0 Å². The maximum absolute atomic E-state index is 6.15. The van der Waals surface area contributed by atoms with E-state index in [0.717, 1.165) is 10.0 Å². The number of hydrogen-bond acceptors (Lipinski definition) is 3. The number of hydrazone groups is 1. The van der Waals surface area contributed by atoms with Gasteiger partial charge in [-0.2, -0.15) is 5.10 Å². The fraction of sp³-hybridized carbons (Fsp3) is 0. The molecule has 3 N–H and O–H groups in total. The lowest BCUT2D eigenvalue weighted by Crippen LogP contribution is -2.23. The number of hydrogen-bond donors (Lipinski definition) is 2. The van der Waals surface area contributed by atoms with Gasteiger partial charge >= 0.3 is 0 Å². The summed E-state index contributed by atoms with van der Waals surface area (Å²) >= 11 is 14.1. The van der Waals surface area contributed by atoms with Gasteiger partial charge in [-0.1, -0.05) is 27.5 Å². The van der Waals surface area contributed by atoms with Gasteiger partial charge in [0.2, 0.25) is 0 Å². The second kappa shape index (κ2) is 6.18. The molecule has 1 aromatic heterocycles. The van der Waals surface area contributed by atoms with Crippen LogP contribution in [0.15, 0.2) is 44.3 Å². The highest BCUT2D eigenvalue weighted by molar-refractivity contribution is 9.10. The number of benzene rings is 1. The Balaban J connectivity index is 2.21. The highest BCUT2D eigenvalue weighted by Gasteiger charge is 2.08. The predicted octanol–water partition coefficient (Wildman–Crippen LogP) is 3.53. The number of nitrogens with zero attached hydrogens (tertiary/aromatic N) is 1. The first-order chi connectivity index (χ1) is 9.06. The van der Waals surface area contributed by atoms with Crippen LogP contribution >= 0.6 is 39.7 Å². The van der Waals surface area contributed by atoms with Crippen molar-refractivity contribution in [3.05, 3.63) is 45.6 Å². The van der Waals surface area contributed by atoms with E-state index in [9.17, 15) is 0 Å². The van der Waals surface area contributed by atoms with Crippen LogP contribution in [0.2, 0.25) is 5.02 Å². The summed E-state index contributed by atoms with van der Waals surface area (Å²) in [5, 5.41) is 4.51. The van der Waals surface area contributed by atoms with E-state index in [1.54, 1.807) is 6.07 Å². The van der Waals surface area contributed by atoms with Gasteiger partial charge in [0.05, 0.1) is 11.2 Å². The summed E-state index contributed by atoms with van der Waals surface area (Å²) in [5.74, 6) is 1.23. The second-order valence-electron chi connectivity index (χ2n) is 3.56. The van der Waals surface area contributed by atoms with Gasteiger partial charge in [0.15, 0.2) is 5.11 Å². The van der Waals surface area contributed by atoms with Crippen molar-refractivity contribution >= 4 is 51.1 Å². The minimum Gasteiger partial charge on any atom is -0.455 e. The SMILES string of the molecule is NC(=S)N/N=C/c1ccc(-c2ccc(Br)cc2Cl)o1. The first kappa shape index (κ1) is 14.0. The van der Waals surface area contributed by atoms with E-state index in [1.165, 1.54) is 6.21 Å². The third kappa shape index (κ3) is 3.79. The van der Waals surface area contributed by atoms with Crippen molar-refractivity contribution in [2.45, 2.75) is 0 Å². The van der Waals surface area contributed by atoms with Gasteiger partial charge in [0.1, 0.15) is 11.5 Å². The molecule has 19 heavy (non-hydrogen) atoms. The molecule has 1 heterocycles. The van der Waals surface area contributed by atoms with Crippen LogP contribution < -0.4 is 11.2 Å². The highest BCUT2D eigenvalue weighted by Crippen LogP contribution is 2.31. The Kier molecular flexibility index (Phi) is 4.57. The predicted molar refractivity (Wildman–Crippen MR) is 84.4 cm³/mol. The van der Waals surface area contributed by atoms with Crippen molar-refractivity contribution in [1.29, 1.82) is 0 Å². The van der Waals surface area contributed by atoms with Gasteiger partial charge in [0, 0.05) is 10.0 Å². The van der Waals surface area contributed by atoms with Crippen LogP contribution in [0.25, 0.3) is 11.3 Å². The van der Waals surface area contributed by atoms with E-state index in [0.29, 0.717) is 16.5 Å². The van der Waals surface area contributed by atoms with Crippen molar-refractivity contribution in [2.75, 3.05) is 0 Å². The lowest BCUT2D eigenvalue weighted by molar-refractivity contribution is 0.574. The smallest absolute Gasteiger partial charge is 0.184 e. The van der Waals surface area contributed by atoms with Crippen LogP contribution in [0.5, 0.6) is 0 Å². The average molecular weight is 359 g/mol. The highest BCUT2D eigenvalue weighted by atomic mass is 79.9. The molecular weight excluding hydrogens is 350 g/mol. The van der Waals surface area contributed by atoms with E-state index in [-0.39, 0.29) is 5.11 Å². The molecule has 7 heteroatoms. The Morgan fingerprint density at radius 2 is 2.21 bits per heavy atom. The fourth-order valence-corrected chi connectivity index (χ4v) is 2.24. The number of halogens is 2. The van der Waals surface area contributed by atoms with Crippen LogP contribution in [0, 0.1) is 0 Å². The molecule has 0 unspecified atom stereocenters. The molecular formula is C12H9BrClN3OS. The van der Waals surface area contributed by atoms with E-state index < -0.39 is 0 Å². The molecule has 0 aliphatic heterocycles. The number of furan rings is 1. The monoisotopic (exact) mass is 357 g/mol. The van der Waals surface area contributed by atoms with Gasteiger partial charge in [-0.3, -0.25) is 5.43 Å². The zero-order chi connectivity index (χ0) is 13.8. The van der Waals surface area contributed by atoms with Crippen LogP contribution in [0.3, 0.4) is 0 Å². The summed E-state index contributed by atoms with van der Waals surface area (Å²) < 4.78 is 6.51. The first-order valence-electron chi connectivity index (χ1n) is 5.20. The molecule has 2 aromatic rings. The van der Waals surface area contributed by atoms with Crippen molar-refractivity contribution < 1.29 is 4.42 Å². The van der Waals surface area contributed by atoms with Crippen molar-refractivity contribution in [3.63, 3.8) is 0 Å². The number of rotatable bonds is 3. The average Bonchev–Trinajstić information content (AvgIpc) is 2.77. The molecule has 0 aliphatic rings. The third-order valence-electron chi connectivity index (χ3n) is 2.19. The molecule has 2 rings (SSSR count). The summed E-state index contributed by atoms with van der Waals surface area (Å²) in [6.45, 7) is 0. The molecule has 0 saturated carbocycles. The van der Waals surface area contributed by atoms with Crippen molar-refractivity contribution in [2.24, 2.45) is 10.8 Å². The van der Waals surface area contributed by atoms with Gasteiger partial charge in [0.25, 0.3) is 0 Å². The Labute approximate surface area is 128 Å². The molecule has 0 spiro atoms.